The van der Waals surface area contributed by atoms with Gasteiger partial charge in [-0.25, -0.2) is 19.7 Å². The molecule has 1 amide bonds. The van der Waals surface area contributed by atoms with Crippen molar-refractivity contribution in [3.05, 3.63) is 60.4 Å². The number of anilines is 3. The van der Waals surface area contributed by atoms with E-state index in [9.17, 15) is 4.79 Å². The van der Waals surface area contributed by atoms with Crippen LogP contribution in [0.25, 0.3) is 11.3 Å². The second kappa shape index (κ2) is 12.8. The van der Waals surface area contributed by atoms with Crippen molar-refractivity contribution in [2.45, 2.75) is 46.3 Å². The third-order valence-electron chi connectivity index (χ3n) is 5.22. The summed E-state index contributed by atoms with van der Waals surface area (Å²) in [5.41, 5.74) is 3.37. The molecule has 0 unspecified atom stereocenters. The Morgan fingerprint density at radius 1 is 1.08 bits per heavy atom. The number of hydrogen-bond donors (Lipinski definition) is 3. The van der Waals surface area contributed by atoms with E-state index >= 15 is 0 Å². The standard InChI is InChI=1S/C27H37N7O2/c1-6-34(5)19-20-9-7-10-22(17-20)32-25-29-16-13-23(33-25)21-11-12-24(31-18-21)28-14-8-15-30-26(35)36-27(2,3)4/h7,9-13,16-18H,6,8,14-15,19H2,1-5H3,(H,28,31)(H,30,35)(H,29,32,33). The fraction of sp³-hybridized carbons (Fsp3) is 0.407. The van der Waals surface area contributed by atoms with Crippen LogP contribution < -0.4 is 16.0 Å². The van der Waals surface area contributed by atoms with Gasteiger partial charge in [0.2, 0.25) is 5.95 Å². The van der Waals surface area contributed by atoms with Gasteiger partial charge in [0.1, 0.15) is 11.4 Å². The average molecular weight is 492 g/mol. The Morgan fingerprint density at radius 2 is 1.92 bits per heavy atom. The molecule has 0 aliphatic carbocycles. The van der Waals surface area contributed by atoms with Gasteiger partial charge >= 0.3 is 6.09 Å². The van der Waals surface area contributed by atoms with E-state index in [2.05, 4.69) is 61.9 Å². The Hall–Kier alpha value is -3.72. The molecule has 0 atom stereocenters. The maximum atomic E-state index is 11.7. The molecule has 0 saturated carbocycles. The summed E-state index contributed by atoms with van der Waals surface area (Å²) < 4.78 is 5.22. The number of aromatic nitrogens is 3. The molecule has 3 N–H and O–H groups in total. The highest BCUT2D eigenvalue weighted by molar-refractivity contribution is 5.67. The first-order valence-electron chi connectivity index (χ1n) is 12.3. The van der Waals surface area contributed by atoms with Crippen LogP contribution in [0.3, 0.4) is 0 Å². The maximum Gasteiger partial charge on any atom is 0.407 e. The van der Waals surface area contributed by atoms with Crippen molar-refractivity contribution in [2.75, 3.05) is 37.3 Å². The number of amides is 1. The summed E-state index contributed by atoms with van der Waals surface area (Å²) in [4.78, 5) is 27.4. The van der Waals surface area contributed by atoms with E-state index < -0.39 is 11.7 Å². The van der Waals surface area contributed by atoms with E-state index in [4.69, 9.17) is 4.74 Å². The molecule has 1 aromatic carbocycles. The molecule has 2 aromatic heterocycles. The van der Waals surface area contributed by atoms with Gasteiger partial charge in [-0.05, 0) is 76.7 Å². The SMILES string of the molecule is CCN(C)Cc1cccc(Nc2nccc(-c3ccc(NCCCNC(=O)OC(C)(C)C)nc3)n2)c1. The molecular formula is C27H37N7O2. The second-order valence-corrected chi connectivity index (χ2v) is 9.56. The number of carbonyl (C=O) groups is 1. The highest BCUT2D eigenvalue weighted by Crippen LogP contribution is 2.21. The van der Waals surface area contributed by atoms with Gasteiger partial charge in [0.15, 0.2) is 0 Å². The fourth-order valence-electron chi connectivity index (χ4n) is 3.34. The molecule has 9 heteroatoms. The lowest BCUT2D eigenvalue weighted by molar-refractivity contribution is 0.0528. The van der Waals surface area contributed by atoms with Gasteiger partial charge in [-0.2, -0.15) is 0 Å². The number of nitrogens with zero attached hydrogens (tertiary/aromatic N) is 4. The van der Waals surface area contributed by atoms with Crippen LogP contribution in [0, 0.1) is 0 Å². The second-order valence-electron chi connectivity index (χ2n) is 9.56. The van der Waals surface area contributed by atoms with Crippen LogP contribution >= 0.6 is 0 Å². The summed E-state index contributed by atoms with van der Waals surface area (Å²) in [5.74, 6) is 1.30. The van der Waals surface area contributed by atoms with Crippen molar-refractivity contribution >= 4 is 23.5 Å². The maximum absolute atomic E-state index is 11.7. The lowest BCUT2D eigenvalue weighted by Gasteiger charge is -2.19. The number of benzene rings is 1. The van der Waals surface area contributed by atoms with Crippen molar-refractivity contribution in [2.24, 2.45) is 0 Å². The molecule has 0 fully saturated rings. The number of pyridine rings is 1. The van der Waals surface area contributed by atoms with Gasteiger partial charge < -0.3 is 25.6 Å². The first-order valence-corrected chi connectivity index (χ1v) is 12.3. The fourth-order valence-corrected chi connectivity index (χ4v) is 3.34. The van der Waals surface area contributed by atoms with E-state index in [1.807, 2.05) is 51.1 Å². The highest BCUT2D eigenvalue weighted by Gasteiger charge is 2.15. The molecule has 0 spiro atoms. The zero-order chi connectivity index (χ0) is 26.0. The van der Waals surface area contributed by atoms with Crippen molar-refractivity contribution < 1.29 is 9.53 Å². The Balaban J connectivity index is 1.51. The number of nitrogens with one attached hydrogen (secondary N) is 3. The monoisotopic (exact) mass is 491 g/mol. The molecule has 0 aliphatic heterocycles. The van der Waals surface area contributed by atoms with Gasteiger partial charge in [-0.3, -0.25) is 0 Å². The minimum atomic E-state index is -0.495. The molecule has 0 radical (unpaired) electrons. The van der Waals surface area contributed by atoms with Crippen molar-refractivity contribution in [1.29, 1.82) is 0 Å². The predicted octanol–water partition coefficient (Wildman–Crippen LogP) is 5.06. The van der Waals surface area contributed by atoms with Gasteiger partial charge in [0.05, 0.1) is 5.69 Å². The van der Waals surface area contributed by atoms with Crippen molar-refractivity contribution in [3.8, 4) is 11.3 Å². The predicted molar refractivity (Wildman–Crippen MR) is 144 cm³/mol. The lowest BCUT2D eigenvalue weighted by Crippen LogP contribution is -2.33. The molecule has 0 aliphatic rings. The third kappa shape index (κ3) is 9.14. The normalized spacial score (nSPS) is 11.3. The van der Waals surface area contributed by atoms with Gasteiger partial charge in [0, 0.05) is 43.3 Å². The van der Waals surface area contributed by atoms with Crippen LogP contribution in [0.1, 0.15) is 39.7 Å². The van der Waals surface area contributed by atoms with Crippen LogP contribution in [0.15, 0.2) is 54.9 Å². The lowest BCUT2D eigenvalue weighted by atomic mass is 10.2. The molecule has 0 saturated heterocycles. The highest BCUT2D eigenvalue weighted by atomic mass is 16.6. The van der Waals surface area contributed by atoms with Crippen molar-refractivity contribution in [3.63, 3.8) is 0 Å². The first kappa shape index (κ1) is 26.9. The number of rotatable bonds is 11. The van der Waals surface area contributed by atoms with Crippen LogP contribution in [0.5, 0.6) is 0 Å². The molecule has 3 aromatic rings. The number of carbonyl (C=O) groups excluding carboxylic acids is 1. The number of hydrogen-bond acceptors (Lipinski definition) is 8. The van der Waals surface area contributed by atoms with E-state index in [0.29, 0.717) is 19.0 Å². The van der Waals surface area contributed by atoms with Crippen LogP contribution in [-0.2, 0) is 11.3 Å². The summed E-state index contributed by atoms with van der Waals surface area (Å²) in [5, 5.41) is 9.31. The minimum Gasteiger partial charge on any atom is -0.444 e. The molecule has 3 rings (SSSR count). The molecule has 9 nitrogen and oxygen atoms in total. The quantitative estimate of drug-likeness (QED) is 0.320. The zero-order valence-corrected chi connectivity index (χ0v) is 21.8. The van der Waals surface area contributed by atoms with Crippen molar-refractivity contribution in [1.82, 2.24) is 25.2 Å². The molecule has 192 valence electrons. The first-order chi connectivity index (χ1) is 17.2. The largest absolute Gasteiger partial charge is 0.444 e. The Bertz CT molecular complexity index is 1110. The number of ether oxygens (including phenoxy) is 1. The third-order valence-corrected chi connectivity index (χ3v) is 5.22. The Morgan fingerprint density at radius 3 is 2.64 bits per heavy atom. The summed E-state index contributed by atoms with van der Waals surface area (Å²) in [6.07, 6.45) is 3.87. The molecule has 2 heterocycles. The zero-order valence-electron chi connectivity index (χ0n) is 21.8. The molecule has 36 heavy (non-hydrogen) atoms. The van der Waals surface area contributed by atoms with Gasteiger partial charge in [-0.1, -0.05) is 19.1 Å². The molecular weight excluding hydrogens is 454 g/mol. The van der Waals surface area contributed by atoms with E-state index in [1.165, 1.54) is 5.56 Å². The van der Waals surface area contributed by atoms with E-state index in [0.717, 1.165) is 42.3 Å². The summed E-state index contributed by atoms with van der Waals surface area (Å²) in [7, 11) is 2.10. The van der Waals surface area contributed by atoms with Crippen LogP contribution in [0.2, 0.25) is 0 Å². The topological polar surface area (TPSA) is 104 Å². The Kier molecular flexibility index (Phi) is 9.58. The minimum absolute atomic E-state index is 0.402. The summed E-state index contributed by atoms with van der Waals surface area (Å²) in [6.45, 7) is 10.8. The number of alkyl carbamates (subject to hydrolysis) is 1. The average Bonchev–Trinajstić information content (AvgIpc) is 2.83. The molecule has 0 bridgehead atoms. The van der Waals surface area contributed by atoms with Crippen LogP contribution in [-0.4, -0.2) is 58.2 Å². The van der Waals surface area contributed by atoms with Gasteiger partial charge in [-0.15, -0.1) is 0 Å². The Labute approximate surface area is 213 Å². The summed E-state index contributed by atoms with van der Waals surface area (Å²) >= 11 is 0. The van der Waals surface area contributed by atoms with Crippen LogP contribution in [0.4, 0.5) is 22.2 Å². The van der Waals surface area contributed by atoms with Gasteiger partial charge in [0.25, 0.3) is 0 Å². The van der Waals surface area contributed by atoms with E-state index in [-0.39, 0.29) is 0 Å². The summed E-state index contributed by atoms with van der Waals surface area (Å²) in [6, 6.07) is 14.0. The van der Waals surface area contributed by atoms with E-state index in [1.54, 1.807) is 12.4 Å². The smallest absolute Gasteiger partial charge is 0.407 e.